The third-order valence-corrected chi connectivity index (χ3v) is 3.58. The molecule has 0 spiro atoms. The Balaban J connectivity index is 2.42. The average Bonchev–Trinajstić information content (AvgIpc) is 2.59. The number of aromatic nitrogens is 2. The minimum absolute atomic E-state index is 0.255. The molecule has 19 heavy (non-hydrogen) atoms. The zero-order valence-corrected chi connectivity index (χ0v) is 11.9. The van der Waals surface area contributed by atoms with Crippen molar-refractivity contribution in [2.24, 2.45) is 0 Å². The van der Waals surface area contributed by atoms with Gasteiger partial charge in [0.25, 0.3) is 0 Å². The lowest BCUT2D eigenvalue weighted by molar-refractivity contribution is 0.197. The smallest absolute Gasteiger partial charge is 0.129 e. The van der Waals surface area contributed by atoms with Gasteiger partial charge in [0.2, 0.25) is 0 Å². The highest BCUT2D eigenvalue weighted by molar-refractivity contribution is 6.31. The summed E-state index contributed by atoms with van der Waals surface area (Å²) in [5, 5.41) is 14.4. The predicted octanol–water partition coefficient (Wildman–Crippen LogP) is 3.39. The van der Waals surface area contributed by atoms with Crippen molar-refractivity contribution in [1.82, 2.24) is 9.78 Å². The second-order valence-electron chi connectivity index (χ2n) is 4.62. The topological polar surface area (TPSA) is 38.0 Å². The first-order valence-corrected chi connectivity index (χ1v) is 6.44. The van der Waals surface area contributed by atoms with Gasteiger partial charge in [0.15, 0.2) is 0 Å². The van der Waals surface area contributed by atoms with Crippen LogP contribution in [-0.2, 0) is 6.54 Å². The monoisotopic (exact) mass is 282 g/mol. The molecule has 5 heteroatoms. The molecule has 0 saturated heterocycles. The van der Waals surface area contributed by atoms with E-state index in [0.29, 0.717) is 10.6 Å². The SMILES string of the molecule is Cc1nn(Cc2c(F)cccc2Cl)c(C)c1C(C)O. The van der Waals surface area contributed by atoms with E-state index in [0.717, 1.165) is 17.0 Å². The van der Waals surface area contributed by atoms with Crippen molar-refractivity contribution in [3.63, 3.8) is 0 Å². The number of nitrogens with zero attached hydrogens (tertiary/aromatic N) is 2. The number of benzene rings is 1. The summed E-state index contributed by atoms with van der Waals surface area (Å²) in [6, 6.07) is 4.60. The van der Waals surface area contributed by atoms with Gasteiger partial charge in [-0.05, 0) is 32.9 Å². The summed E-state index contributed by atoms with van der Waals surface area (Å²) in [5.74, 6) is -0.348. The van der Waals surface area contributed by atoms with Gasteiger partial charge in [0.05, 0.1) is 18.3 Å². The third-order valence-electron chi connectivity index (χ3n) is 3.22. The van der Waals surface area contributed by atoms with Crippen molar-refractivity contribution in [1.29, 1.82) is 0 Å². The van der Waals surface area contributed by atoms with Gasteiger partial charge >= 0.3 is 0 Å². The molecule has 0 radical (unpaired) electrons. The number of aliphatic hydroxyl groups excluding tert-OH is 1. The predicted molar refractivity (Wildman–Crippen MR) is 72.8 cm³/mol. The van der Waals surface area contributed by atoms with E-state index in [-0.39, 0.29) is 12.4 Å². The minimum atomic E-state index is -0.593. The van der Waals surface area contributed by atoms with Crippen LogP contribution in [0.5, 0.6) is 0 Å². The maximum atomic E-state index is 13.8. The Labute approximate surface area is 116 Å². The molecular formula is C14H16ClFN2O. The molecule has 0 aliphatic rings. The molecule has 1 aromatic carbocycles. The van der Waals surface area contributed by atoms with Gasteiger partial charge < -0.3 is 5.11 Å². The minimum Gasteiger partial charge on any atom is -0.389 e. The lowest BCUT2D eigenvalue weighted by atomic mass is 10.1. The zero-order valence-electron chi connectivity index (χ0n) is 11.1. The van der Waals surface area contributed by atoms with Gasteiger partial charge in [-0.3, -0.25) is 4.68 Å². The van der Waals surface area contributed by atoms with Gasteiger partial charge in [0.1, 0.15) is 5.82 Å². The fourth-order valence-corrected chi connectivity index (χ4v) is 2.53. The van der Waals surface area contributed by atoms with Crippen LogP contribution in [-0.4, -0.2) is 14.9 Å². The Hall–Kier alpha value is -1.39. The molecule has 1 N–H and O–H groups in total. The number of halogens is 2. The molecule has 0 saturated carbocycles. The fourth-order valence-electron chi connectivity index (χ4n) is 2.30. The summed E-state index contributed by atoms with van der Waals surface area (Å²) >= 11 is 6.01. The fraction of sp³-hybridized carbons (Fsp3) is 0.357. The van der Waals surface area contributed by atoms with E-state index in [2.05, 4.69) is 5.10 Å². The Bertz CT molecular complexity index is 587. The Kier molecular flexibility index (Phi) is 3.92. The molecule has 3 nitrogen and oxygen atoms in total. The molecule has 102 valence electrons. The van der Waals surface area contributed by atoms with Crippen molar-refractivity contribution in [2.45, 2.75) is 33.4 Å². The number of hydrogen-bond donors (Lipinski definition) is 1. The highest BCUT2D eigenvalue weighted by Crippen LogP contribution is 2.24. The van der Waals surface area contributed by atoms with Crippen LogP contribution in [0.2, 0.25) is 5.02 Å². The van der Waals surface area contributed by atoms with Gasteiger partial charge in [0, 0.05) is 21.8 Å². The normalized spacial score (nSPS) is 12.7. The largest absolute Gasteiger partial charge is 0.389 e. The molecule has 2 aromatic rings. The average molecular weight is 283 g/mol. The number of aliphatic hydroxyl groups is 1. The molecule has 1 heterocycles. The summed E-state index contributed by atoms with van der Waals surface area (Å²) in [7, 11) is 0. The Morgan fingerprint density at radius 1 is 1.42 bits per heavy atom. The van der Waals surface area contributed by atoms with E-state index in [9.17, 15) is 9.50 Å². The van der Waals surface area contributed by atoms with Gasteiger partial charge in [-0.25, -0.2) is 4.39 Å². The third kappa shape index (κ3) is 2.65. The lowest BCUT2D eigenvalue weighted by Crippen LogP contribution is -2.07. The molecule has 1 unspecified atom stereocenters. The molecule has 0 fully saturated rings. The first-order chi connectivity index (χ1) is 8.91. The van der Waals surface area contributed by atoms with Crippen LogP contribution in [0.1, 0.15) is 35.5 Å². The standard InChI is InChI=1S/C14H16ClFN2O/c1-8-14(10(3)19)9(2)18(17-8)7-11-12(15)5-4-6-13(11)16/h4-6,10,19H,7H2,1-3H3. The number of hydrogen-bond acceptors (Lipinski definition) is 2. The molecule has 0 aliphatic heterocycles. The quantitative estimate of drug-likeness (QED) is 0.937. The maximum Gasteiger partial charge on any atom is 0.129 e. The highest BCUT2D eigenvalue weighted by Gasteiger charge is 2.17. The van der Waals surface area contributed by atoms with Crippen molar-refractivity contribution in [2.75, 3.05) is 0 Å². The van der Waals surface area contributed by atoms with Crippen LogP contribution in [0, 0.1) is 19.7 Å². The summed E-state index contributed by atoms with van der Waals surface area (Å²) in [6.07, 6.45) is -0.593. The van der Waals surface area contributed by atoms with Crippen molar-refractivity contribution in [3.8, 4) is 0 Å². The number of rotatable bonds is 3. The van der Waals surface area contributed by atoms with E-state index in [4.69, 9.17) is 11.6 Å². The molecule has 1 aromatic heterocycles. The van der Waals surface area contributed by atoms with Crippen LogP contribution >= 0.6 is 11.6 Å². The second-order valence-corrected chi connectivity index (χ2v) is 5.03. The van der Waals surface area contributed by atoms with E-state index in [1.165, 1.54) is 6.07 Å². The number of aryl methyl sites for hydroxylation is 1. The van der Waals surface area contributed by atoms with Crippen molar-refractivity contribution >= 4 is 11.6 Å². The van der Waals surface area contributed by atoms with E-state index in [1.807, 2.05) is 13.8 Å². The molecule has 2 rings (SSSR count). The van der Waals surface area contributed by atoms with Crippen LogP contribution in [0.4, 0.5) is 4.39 Å². The molecular weight excluding hydrogens is 267 g/mol. The van der Waals surface area contributed by atoms with Crippen LogP contribution in [0.25, 0.3) is 0 Å². The van der Waals surface area contributed by atoms with Gasteiger partial charge in [-0.1, -0.05) is 17.7 Å². The van der Waals surface area contributed by atoms with E-state index < -0.39 is 6.10 Å². The van der Waals surface area contributed by atoms with Crippen LogP contribution in [0.15, 0.2) is 18.2 Å². The van der Waals surface area contributed by atoms with Crippen molar-refractivity contribution < 1.29 is 9.50 Å². The molecule has 0 amide bonds. The first kappa shape index (κ1) is 14.0. The van der Waals surface area contributed by atoms with Gasteiger partial charge in [-0.2, -0.15) is 5.10 Å². The maximum absolute atomic E-state index is 13.8. The molecule has 0 aliphatic carbocycles. The van der Waals surface area contributed by atoms with E-state index in [1.54, 1.807) is 23.7 Å². The zero-order chi connectivity index (χ0) is 14.2. The summed E-state index contributed by atoms with van der Waals surface area (Å²) < 4.78 is 15.4. The van der Waals surface area contributed by atoms with Gasteiger partial charge in [-0.15, -0.1) is 0 Å². The second kappa shape index (κ2) is 5.31. The van der Waals surface area contributed by atoms with Crippen molar-refractivity contribution in [3.05, 3.63) is 51.6 Å². The van der Waals surface area contributed by atoms with Crippen LogP contribution < -0.4 is 0 Å². The first-order valence-electron chi connectivity index (χ1n) is 6.06. The highest BCUT2D eigenvalue weighted by atomic mass is 35.5. The Morgan fingerprint density at radius 3 is 2.63 bits per heavy atom. The molecule has 1 atom stereocenters. The summed E-state index contributed by atoms with van der Waals surface area (Å²) in [4.78, 5) is 0. The summed E-state index contributed by atoms with van der Waals surface area (Å²) in [6.45, 7) is 5.63. The Morgan fingerprint density at radius 2 is 2.11 bits per heavy atom. The lowest BCUT2D eigenvalue weighted by Gasteiger charge is -2.09. The van der Waals surface area contributed by atoms with Crippen LogP contribution in [0.3, 0.4) is 0 Å². The summed E-state index contributed by atoms with van der Waals surface area (Å²) in [5.41, 5.74) is 2.77. The molecule has 0 bridgehead atoms. The van der Waals surface area contributed by atoms with E-state index >= 15 is 0 Å².